The summed E-state index contributed by atoms with van der Waals surface area (Å²) >= 11 is 17.6. The Balaban J connectivity index is 2.10. The van der Waals surface area contributed by atoms with Crippen LogP contribution in [-0.4, -0.2) is 15.0 Å². The van der Waals surface area contributed by atoms with Gasteiger partial charge in [-0.2, -0.15) is 0 Å². The molecular weight excluding hydrogens is 295 g/mol. The molecule has 94 valence electrons. The van der Waals surface area contributed by atoms with Crippen molar-refractivity contribution < 1.29 is 0 Å². The molecule has 0 aliphatic heterocycles. The predicted octanol–water partition coefficient (Wildman–Crippen LogP) is 3.75. The molecule has 2 aromatic heterocycles. The van der Waals surface area contributed by atoms with Crippen molar-refractivity contribution in [3.63, 3.8) is 0 Å². The van der Waals surface area contributed by atoms with Gasteiger partial charge in [0.25, 0.3) is 0 Å². The van der Waals surface area contributed by atoms with Gasteiger partial charge in [-0.25, -0.2) is 4.98 Å². The number of rotatable bonds is 3. The van der Waals surface area contributed by atoms with Crippen molar-refractivity contribution in [3.05, 3.63) is 45.0 Å². The number of hydrogen-bond donors (Lipinski definition) is 1. The molecule has 18 heavy (non-hydrogen) atoms. The summed E-state index contributed by atoms with van der Waals surface area (Å²) in [5.41, 5.74) is 1.65. The van der Waals surface area contributed by atoms with Crippen LogP contribution < -0.4 is 5.32 Å². The van der Waals surface area contributed by atoms with E-state index in [0.717, 1.165) is 11.4 Å². The summed E-state index contributed by atoms with van der Waals surface area (Å²) in [4.78, 5) is 12.4. The zero-order valence-electron chi connectivity index (χ0n) is 9.41. The average Bonchev–Trinajstić information content (AvgIpc) is 2.34. The minimum absolute atomic E-state index is 0.207. The molecule has 1 N–H and O–H groups in total. The smallest absolute Gasteiger partial charge is 0.150 e. The molecule has 0 bridgehead atoms. The van der Waals surface area contributed by atoms with Gasteiger partial charge in [-0.05, 0) is 13.0 Å². The second-order valence-corrected chi connectivity index (χ2v) is 4.77. The molecule has 0 saturated carbocycles. The Bertz CT molecular complexity index is 557. The standard InChI is InChI=1S/C11H9Cl3N4/c1-6-3-16-7(4-15-6)5-17-11-9(13)2-8(12)10(14)18-11/h2-4H,5H2,1H3,(H,17,18). The van der Waals surface area contributed by atoms with Crippen molar-refractivity contribution in [2.75, 3.05) is 5.32 Å². The minimum Gasteiger partial charge on any atom is -0.363 e. The summed E-state index contributed by atoms with van der Waals surface area (Å²) in [6.07, 6.45) is 3.38. The first-order valence-electron chi connectivity index (χ1n) is 5.09. The Hall–Kier alpha value is -1.10. The molecule has 0 aliphatic rings. The Morgan fingerprint density at radius 1 is 1.11 bits per heavy atom. The van der Waals surface area contributed by atoms with Gasteiger partial charge in [-0.1, -0.05) is 34.8 Å². The zero-order valence-corrected chi connectivity index (χ0v) is 11.7. The lowest BCUT2D eigenvalue weighted by molar-refractivity contribution is 0.977. The molecule has 0 spiro atoms. The van der Waals surface area contributed by atoms with Crippen LogP contribution in [0.4, 0.5) is 5.82 Å². The van der Waals surface area contributed by atoms with E-state index in [9.17, 15) is 0 Å². The first-order chi connectivity index (χ1) is 8.56. The van der Waals surface area contributed by atoms with Crippen LogP contribution in [0.5, 0.6) is 0 Å². The first-order valence-corrected chi connectivity index (χ1v) is 6.22. The molecular formula is C11H9Cl3N4. The van der Waals surface area contributed by atoms with Crippen LogP contribution in [0, 0.1) is 6.92 Å². The van der Waals surface area contributed by atoms with Crippen LogP contribution in [0.2, 0.25) is 15.2 Å². The Kier molecular flexibility index (Phi) is 4.22. The third-order valence-electron chi connectivity index (χ3n) is 2.16. The van der Waals surface area contributed by atoms with Crippen LogP contribution >= 0.6 is 34.8 Å². The molecule has 0 atom stereocenters. The van der Waals surface area contributed by atoms with Crippen molar-refractivity contribution in [2.24, 2.45) is 0 Å². The quantitative estimate of drug-likeness (QED) is 0.877. The number of pyridine rings is 1. The predicted molar refractivity (Wildman–Crippen MR) is 73.4 cm³/mol. The number of nitrogens with one attached hydrogen (secondary N) is 1. The molecule has 0 amide bonds. The summed E-state index contributed by atoms with van der Waals surface area (Å²) in [6, 6.07) is 1.54. The van der Waals surface area contributed by atoms with E-state index < -0.39 is 0 Å². The molecule has 4 nitrogen and oxygen atoms in total. The third kappa shape index (κ3) is 3.22. The monoisotopic (exact) mass is 302 g/mol. The second-order valence-electron chi connectivity index (χ2n) is 3.59. The summed E-state index contributed by atoms with van der Waals surface area (Å²) in [6.45, 7) is 2.33. The summed E-state index contributed by atoms with van der Waals surface area (Å²) in [5.74, 6) is 0.466. The highest BCUT2D eigenvalue weighted by atomic mass is 35.5. The van der Waals surface area contributed by atoms with E-state index >= 15 is 0 Å². The van der Waals surface area contributed by atoms with E-state index in [1.165, 1.54) is 0 Å². The molecule has 2 aromatic rings. The topological polar surface area (TPSA) is 50.7 Å². The fourth-order valence-electron chi connectivity index (χ4n) is 1.25. The Morgan fingerprint density at radius 3 is 2.56 bits per heavy atom. The lowest BCUT2D eigenvalue weighted by Crippen LogP contribution is -2.04. The summed E-state index contributed by atoms with van der Waals surface area (Å²) in [7, 11) is 0. The summed E-state index contributed by atoms with van der Waals surface area (Å²) in [5, 5.41) is 3.96. The maximum absolute atomic E-state index is 5.99. The molecule has 2 rings (SSSR count). The molecule has 0 aromatic carbocycles. The maximum atomic E-state index is 5.99. The Labute approximate surface area is 119 Å². The van der Waals surface area contributed by atoms with Gasteiger partial charge in [0.15, 0.2) is 0 Å². The van der Waals surface area contributed by atoms with Gasteiger partial charge < -0.3 is 5.32 Å². The molecule has 0 radical (unpaired) electrons. The summed E-state index contributed by atoms with van der Waals surface area (Å²) < 4.78 is 0. The number of halogens is 3. The van der Waals surface area contributed by atoms with Gasteiger partial charge in [-0.15, -0.1) is 0 Å². The van der Waals surface area contributed by atoms with Crippen molar-refractivity contribution in [3.8, 4) is 0 Å². The SMILES string of the molecule is Cc1cnc(CNc2nc(Cl)c(Cl)cc2Cl)cn1. The normalized spacial score (nSPS) is 10.4. The fraction of sp³-hybridized carbons (Fsp3) is 0.182. The number of aromatic nitrogens is 3. The van der Waals surface area contributed by atoms with Crippen molar-refractivity contribution in [1.82, 2.24) is 15.0 Å². The second kappa shape index (κ2) is 5.69. The number of aryl methyl sites for hydroxylation is 1. The first kappa shape index (κ1) is 13.3. The van der Waals surface area contributed by atoms with Crippen LogP contribution in [0.3, 0.4) is 0 Å². The molecule has 2 heterocycles. The van der Waals surface area contributed by atoms with Gasteiger partial charge in [0, 0.05) is 6.20 Å². The van der Waals surface area contributed by atoms with Gasteiger partial charge in [0.1, 0.15) is 11.0 Å². The highest BCUT2D eigenvalue weighted by Crippen LogP contribution is 2.28. The van der Waals surface area contributed by atoms with Crippen molar-refractivity contribution in [2.45, 2.75) is 13.5 Å². The lowest BCUT2D eigenvalue weighted by Gasteiger charge is -2.08. The van der Waals surface area contributed by atoms with E-state index in [-0.39, 0.29) is 5.15 Å². The number of anilines is 1. The van der Waals surface area contributed by atoms with Gasteiger partial charge in [-0.3, -0.25) is 9.97 Å². The zero-order chi connectivity index (χ0) is 13.1. The molecule has 7 heteroatoms. The number of nitrogens with zero attached hydrogens (tertiary/aromatic N) is 3. The lowest BCUT2D eigenvalue weighted by atomic mass is 10.4. The molecule has 0 aliphatic carbocycles. The van der Waals surface area contributed by atoms with Crippen LogP contribution in [0.1, 0.15) is 11.4 Å². The largest absolute Gasteiger partial charge is 0.363 e. The van der Waals surface area contributed by atoms with Crippen LogP contribution in [0.25, 0.3) is 0 Å². The highest BCUT2D eigenvalue weighted by molar-refractivity contribution is 6.42. The van der Waals surface area contributed by atoms with E-state index in [2.05, 4.69) is 20.3 Å². The van der Waals surface area contributed by atoms with Gasteiger partial charge >= 0.3 is 0 Å². The molecule has 0 fully saturated rings. The fourth-order valence-corrected chi connectivity index (χ4v) is 1.82. The average molecular weight is 304 g/mol. The van der Waals surface area contributed by atoms with E-state index in [1.54, 1.807) is 18.5 Å². The van der Waals surface area contributed by atoms with Gasteiger partial charge in [0.2, 0.25) is 0 Å². The van der Waals surface area contributed by atoms with Crippen LogP contribution in [-0.2, 0) is 6.54 Å². The van der Waals surface area contributed by atoms with Gasteiger partial charge in [0.05, 0.1) is 34.2 Å². The van der Waals surface area contributed by atoms with E-state index in [4.69, 9.17) is 34.8 Å². The van der Waals surface area contributed by atoms with Crippen LogP contribution in [0.15, 0.2) is 18.5 Å². The van der Waals surface area contributed by atoms with Crippen molar-refractivity contribution >= 4 is 40.6 Å². The highest BCUT2D eigenvalue weighted by Gasteiger charge is 2.07. The van der Waals surface area contributed by atoms with E-state index in [0.29, 0.717) is 22.4 Å². The Morgan fingerprint density at radius 2 is 1.89 bits per heavy atom. The molecule has 0 unspecified atom stereocenters. The van der Waals surface area contributed by atoms with Crippen molar-refractivity contribution in [1.29, 1.82) is 0 Å². The van der Waals surface area contributed by atoms with E-state index in [1.807, 2.05) is 6.92 Å². The number of hydrogen-bond acceptors (Lipinski definition) is 4. The minimum atomic E-state index is 0.207. The molecule has 0 saturated heterocycles. The third-order valence-corrected chi connectivity index (χ3v) is 3.12. The maximum Gasteiger partial charge on any atom is 0.150 e.